The molecule has 2 aromatic heterocycles. The topological polar surface area (TPSA) is 81.2 Å². The van der Waals surface area contributed by atoms with Gasteiger partial charge in [-0.1, -0.05) is 31.5 Å². The van der Waals surface area contributed by atoms with E-state index in [-0.39, 0.29) is 6.54 Å². The molecule has 164 valence electrons. The lowest BCUT2D eigenvalue weighted by Gasteiger charge is -2.19. The van der Waals surface area contributed by atoms with E-state index in [0.717, 1.165) is 28.4 Å². The number of benzene rings is 1. The Labute approximate surface area is 188 Å². The molecule has 31 heavy (non-hydrogen) atoms. The number of aromatic nitrogens is 2. The first-order chi connectivity index (χ1) is 14.7. The first-order valence-corrected chi connectivity index (χ1v) is 10.6. The number of rotatable bonds is 5. The molecule has 3 rings (SSSR count). The average Bonchev–Trinajstić information content (AvgIpc) is 2.72. The van der Waals surface area contributed by atoms with E-state index in [2.05, 4.69) is 15.3 Å². The summed E-state index contributed by atoms with van der Waals surface area (Å²) in [5, 5.41) is 4.18. The van der Waals surface area contributed by atoms with Gasteiger partial charge < -0.3 is 10.1 Å². The number of amides is 1. The van der Waals surface area contributed by atoms with Gasteiger partial charge >= 0.3 is 6.09 Å². The van der Waals surface area contributed by atoms with Gasteiger partial charge in [-0.05, 0) is 56.7 Å². The molecule has 0 unspecified atom stereocenters. The van der Waals surface area contributed by atoms with Crippen LogP contribution in [-0.4, -0.2) is 27.9 Å². The van der Waals surface area contributed by atoms with Crippen molar-refractivity contribution >= 4 is 34.9 Å². The average molecular weight is 442 g/mol. The van der Waals surface area contributed by atoms with E-state index in [0.29, 0.717) is 22.7 Å². The van der Waals surface area contributed by atoms with Gasteiger partial charge in [0.2, 0.25) is 0 Å². The summed E-state index contributed by atoms with van der Waals surface area (Å²) in [6, 6.07) is 11.1. The number of nitrogens with one attached hydrogen (secondary N) is 1. The van der Waals surface area contributed by atoms with Crippen molar-refractivity contribution < 1.29 is 14.3 Å². The van der Waals surface area contributed by atoms with Crippen molar-refractivity contribution in [3.05, 3.63) is 70.1 Å². The minimum atomic E-state index is -0.582. The fourth-order valence-corrected chi connectivity index (χ4v) is 3.04. The summed E-state index contributed by atoms with van der Waals surface area (Å²) >= 11 is 6.03. The van der Waals surface area contributed by atoms with Crippen LogP contribution >= 0.6 is 11.6 Å². The molecule has 1 amide bonds. The van der Waals surface area contributed by atoms with Crippen LogP contribution in [0.1, 0.15) is 61.9 Å². The SMILES string of the molecule is CC.CC(C)(C)OC(=O)NCc1cc(C=O)cc(Cc2ccc3ncc(Cl)cc3c2)n1. The lowest BCUT2D eigenvalue weighted by atomic mass is 10.0. The first-order valence-electron chi connectivity index (χ1n) is 10.2. The fourth-order valence-electron chi connectivity index (χ4n) is 2.87. The van der Waals surface area contributed by atoms with Crippen LogP contribution in [0.4, 0.5) is 4.79 Å². The molecular weight excluding hydrogens is 414 g/mol. The molecule has 0 aliphatic rings. The fraction of sp³-hybridized carbons (Fsp3) is 0.333. The van der Waals surface area contributed by atoms with Crippen molar-refractivity contribution in [2.24, 2.45) is 0 Å². The summed E-state index contributed by atoms with van der Waals surface area (Å²) < 4.78 is 5.23. The summed E-state index contributed by atoms with van der Waals surface area (Å²) in [7, 11) is 0. The normalized spacial score (nSPS) is 10.8. The van der Waals surface area contributed by atoms with E-state index in [9.17, 15) is 9.59 Å². The van der Waals surface area contributed by atoms with E-state index >= 15 is 0 Å². The number of carbonyl (C=O) groups is 2. The number of ether oxygens (including phenoxy) is 1. The number of aldehydes is 1. The molecule has 0 aliphatic carbocycles. The largest absolute Gasteiger partial charge is 0.444 e. The third-order valence-corrected chi connectivity index (χ3v) is 4.21. The Morgan fingerprint density at radius 3 is 2.52 bits per heavy atom. The number of nitrogens with zero attached hydrogens (tertiary/aromatic N) is 2. The third-order valence-electron chi connectivity index (χ3n) is 4.00. The highest BCUT2D eigenvalue weighted by molar-refractivity contribution is 6.31. The summed E-state index contributed by atoms with van der Waals surface area (Å²) in [5.74, 6) is 0. The van der Waals surface area contributed by atoms with Crippen molar-refractivity contribution in [3.8, 4) is 0 Å². The Balaban J connectivity index is 0.00000166. The maximum absolute atomic E-state index is 11.9. The molecule has 0 bridgehead atoms. The minimum Gasteiger partial charge on any atom is -0.444 e. The third kappa shape index (κ3) is 7.64. The van der Waals surface area contributed by atoms with Crippen molar-refractivity contribution in [3.63, 3.8) is 0 Å². The van der Waals surface area contributed by atoms with Gasteiger partial charge in [0, 0.05) is 29.3 Å². The Hall–Kier alpha value is -2.99. The van der Waals surface area contributed by atoms with Crippen LogP contribution in [0, 0.1) is 0 Å². The van der Waals surface area contributed by atoms with Crippen molar-refractivity contribution in [2.75, 3.05) is 0 Å². The molecule has 0 fully saturated rings. The van der Waals surface area contributed by atoms with Gasteiger partial charge in [0.1, 0.15) is 11.9 Å². The smallest absolute Gasteiger partial charge is 0.407 e. The van der Waals surface area contributed by atoms with E-state index in [4.69, 9.17) is 16.3 Å². The second-order valence-corrected chi connectivity index (χ2v) is 8.15. The van der Waals surface area contributed by atoms with E-state index in [1.807, 2.05) is 38.1 Å². The highest BCUT2D eigenvalue weighted by atomic mass is 35.5. The quantitative estimate of drug-likeness (QED) is 0.510. The molecule has 1 aromatic carbocycles. The molecule has 0 aliphatic heterocycles. The first kappa shape index (κ1) is 24.3. The number of hydrogen-bond donors (Lipinski definition) is 1. The molecule has 2 heterocycles. The molecule has 1 N–H and O–H groups in total. The number of carbonyl (C=O) groups excluding carboxylic acids is 2. The monoisotopic (exact) mass is 441 g/mol. The predicted molar refractivity (Wildman–Crippen MR) is 124 cm³/mol. The molecule has 6 nitrogen and oxygen atoms in total. The van der Waals surface area contributed by atoms with Gasteiger partial charge in [0.25, 0.3) is 0 Å². The van der Waals surface area contributed by atoms with Crippen LogP contribution in [0.3, 0.4) is 0 Å². The lowest BCUT2D eigenvalue weighted by molar-refractivity contribution is 0.0523. The van der Waals surface area contributed by atoms with Crippen LogP contribution in [0.15, 0.2) is 42.6 Å². The number of pyridine rings is 2. The number of halogens is 1. The van der Waals surface area contributed by atoms with Crippen molar-refractivity contribution in [1.29, 1.82) is 0 Å². The molecule has 0 spiro atoms. The second-order valence-electron chi connectivity index (χ2n) is 7.71. The highest BCUT2D eigenvalue weighted by Gasteiger charge is 2.16. The number of hydrogen-bond acceptors (Lipinski definition) is 5. The van der Waals surface area contributed by atoms with Crippen LogP contribution < -0.4 is 5.32 Å². The molecular formula is C24H28ClN3O3. The summed E-state index contributed by atoms with van der Waals surface area (Å²) in [6.07, 6.45) is 2.38. The summed E-state index contributed by atoms with van der Waals surface area (Å²) in [4.78, 5) is 32.1. The Morgan fingerprint density at radius 1 is 1.13 bits per heavy atom. The second kappa shape index (κ2) is 10.9. The van der Waals surface area contributed by atoms with Gasteiger partial charge in [0.15, 0.2) is 0 Å². The van der Waals surface area contributed by atoms with Crippen LogP contribution in [-0.2, 0) is 17.7 Å². The lowest BCUT2D eigenvalue weighted by Crippen LogP contribution is -2.32. The molecule has 0 saturated carbocycles. The zero-order valence-corrected chi connectivity index (χ0v) is 19.3. The molecule has 7 heteroatoms. The van der Waals surface area contributed by atoms with Crippen LogP contribution in [0.2, 0.25) is 5.02 Å². The zero-order valence-electron chi connectivity index (χ0n) is 18.5. The Morgan fingerprint density at radius 2 is 1.84 bits per heavy atom. The Kier molecular flexibility index (Phi) is 8.51. The molecule has 0 atom stereocenters. The number of fused-ring (bicyclic) bond motifs is 1. The van der Waals surface area contributed by atoms with Crippen LogP contribution in [0.5, 0.6) is 0 Å². The highest BCUT2D eigenvalue weighted by Crippen LogP contribution is 2.20. The molecule has 0 radical (unpaired) electrons. The van der Waals surface area contributed by atoms with Gasteiger partial charge in [-0.3, -0.25) is 14.8 Å². The zero-order chi connectivity index (χ0) is 23.0. The van der Waals surface area contributed by atoms with E-state index in [1.165, 1.54) is 0 Å². The Bertz CT molecular complexity index is 1060. The molecule has 0 saturated heterocycles. The summed E-state index contributed by atoms with van der Waals surface area (Å²) in [6.45, 7) is 9.55. The van der Waals surface area contributed by atoms with Crippen molar-refractivity contribution in [2.45, 2.75) is 53.2 Å². The van der Waals surface area contributed by atoms with Crippen molar-refractivity contribution in [1.82, 2.24) is 15.3 Å². The maximum atomic E-state index is 11.9. The maximum Gasteiger partial charge on any atom is 0.407 e. The van der Waals surface area contributed by atoms with Gasteiger partial charge in [-0.15, -0.1) is 0 Å². The minimum absolute atomic E-state index is 0.168. The van der Waals surface area contributed by atoms with Gasteiger partial charge in [-0.25, -0.2) is 4.79 Å². The standard InChI is InChI=1S/C22H22ClN3O3.C2H6/c1-22(2,3)29-21(28)25-12-19-9-15(13-27)8-18(26-19)7-14-4-5-20-16(6-14)10-17(23)11-24-20;1-2/h4-6,8-11,13H,7,12H2,1-3H3,(H,25,28);1-2H3. The predicted octanol–water partition coefficient (Wildman–Crippen LogP) is 5.74. The summed E-state index contributed by atoms with van der Waals surface area (Å²) in [5.41, 5.74) is 3.10. The van der Waals surface area contributed by atoms with E-state index in [1.54, 1.807) is 39.1 Å². The van der Waals surface area contributed by atoms with E-state index < -0.39 is 11.7 Å². The van der Waals surface area contributed by atoms with Crippen LogP contribution in [0.25, 0.3) is 10.9 Å². The number of alkyl carbamates (subject to hydrolysis) is 1. The van der Waals surface area contributed by atoms with Gasteiger partial charge in [0.05, 0.1) is 22.8 Å². The van der Waals surface area contributed by atoms with Gasteiger partial charge in [-0.2, -0.15) is 0 Å². The molecule has 3 aromatic rings.